The average Bonchev–Trinajstić information content (AvgIpc) is 3.37. The molecule has 0 radical (unpaired) electrons. The highest BCUT2D eigenvalue weighted by Gasteiger charge is 2.49. The zero-order valence-corrected chi connectivity index (χ0v) is 21.0. The molecule has 35 heavy (non-hydrogen) atoms. The van der Waals surface area contributed by atoms with Crippen molar-refractivity contribution >= 4 is 28.4 Å². The lowest BCUT2D eigenvalue weighted by Crippen LogP contribution is -2.40. The molecule has 1 saturated carbocycles. The van der Waals surface area contributed by atoms with Gasteiger partial charge >= 0.3 is 0 Å². The van der Waals surface area contributed by atoms with Crippen LogP contribution in [-0.2, 0) is 15.0 Å². The second-order valence-corrected chi connectivity index (χ2v) is 11.1. The van der Waals surface area contributed by atoms with Crippen LogP contribution in [0.15, 0.2) is 54.2 Å². The van der Waals surface area contributed by atoms with Crippen molar-refractivity contribution in [3.05, 3.63) is 76.5 Å². The van der Waals surface area contributed by atoms with E-state index in [1.165, 1.54) is 0 Å². The summed E-state index contributed by atoms with van der Waals surface area (Å²) in [5, 5.41) is 12.7. The minimum atomic E-state index is -0.619. The molecule has 1 aliphatic heterocycles. The van der Waals surface area contributed by atoms with Gasteiger partial charge in [0.1, 0.15) is 5.76 Å². The fourth-order valence-electron chi connectivity index (χ4n) is 5.70. The zero-order valence-electron chi connectivity index (χ0n) is 21.0. The van der Waals surface area contributed by atoms with Crippen molar-refractivity contribution in [1.82, 2.24) is 9.88 Å². The van der Waals surface area contributed by atoms with Gasteiger partial charge in [-0.25, -0.2) is 0 Å². The topological polar surface area (TPSA) is 73.4 Å². The van der Waals surface area contributed by atoms with Gasteiger partial charge < -0.3 is 15.0 Å². The van der Waals surface area contributed by atoms with Crippen LogP contribution in [0.2, 0.25) is 0 Å². The minimum absolute atomic E-state index is 0.00818. The van der Waals surface area contributed by atoms with Crippen LogP contribution in [0.5, 0.6) is 0 Å². The van der Waals surface area contributed by atoms with Crippen molar-refractivity contribution in [3.8, 4) is 0 Å². The Bertz CT molecular complexity index is 1340. The van der Waals surface area contributed by atoms with Gasteiger partial charge in [0.05, 0.1) is 11.6 Å². The fraction of sp³-hybridized carbons (Fsp3) is 0.400. The number of likely N-dealkylation sites (tertiary alicyclic amines) is 1. The van der Waals surface area contributed by atoms with Gasteiger partial charge in [0, 0.05) is 34.3 Å². The number of nitrogens with zero attached hydrogens (tertiary/aromatic N) is 1. The summed E-state index contributed by atoms with van der Waals surface area (Å²) in [5.74, 6) is -1.18. The number of aromatic nitrogens is 1. The van der Waals surface area contributed by atoms with E-state index in [9.17, 15) is 14.7 Å². The van der Waals surface area contributed by atoms with Crippen LogP contribution in [0.3, 0.4) is 0 Å². The number of aliphatic hydroxyl groups is 1. The third-order valence-electron chi connectivity index (χ3n) is 7.72. The van der Waals surface area contributed by atoms with E-state index in [0.29, 0.717) is 5.56 Å². The number of carbonyl (C=O) groups is 2. The summed E-state index contributed by atoms with van der Waals surface area (Å²) in [7, 11) is 0. The lowest BCUT2D eigenvalue weighted by atomic mass is 9.84. The summed E-state index contributed by atoms with van der Waals surface area (Å²) in [6.45, 7) is 8.29. The first-order chi connectivity index (χ1) is 16.7. The molecule has 5 nitrogen and oxygen atoms in total. The number of ketones is 1. The number of hydrogen-bond acceptors (Lipinski definition) is 3. The molecule has 1 aromatic heterocycles. The summed E-state index contributed by atoms with van der Waals surface area (Å²) in [5.41, 5.74) is 4.43. The van der Waals surface area contributed by atoms with Crippen LogP contribution in [0.4, 0.5) is 0 Å². The van der Waals surface area contributed by atoms with Gasteiger partial charge in [0.2, 0.25) is 0 Å². The van der Waals surface area contributed by atoms with Crippen LogP contribution >= 0.6 is 0 Å². The molecule has 0 spiro atoms. The summed E-state index contributed by atoms with van der Waals surface area (Å²) < 4.78 is 0. The highest BCUT2D eigenvalue weighted by molar-refractivity contribution is 6.46. The van der Waals surface area contributed by atoms with E-state index < -0.39 is 17.7 Å². The maximum atomic E-state index is 13.6. The third kappa shape index (κ3) is 3.97. The van der Waals surface area contributed by atoms with E-state index in [2.05, 4.69) is 31.8 Å². The predicted octanol–water partition coefficient (Wildman–Crippen LogP) is 6.53. The molecule has 2 N–H and O–H groups in total. The van der Waals surface area contributed by atoms with Crippen molar-refractivity contribution in [2.45, 2.75) is 77.3 Å². The second kappa shape index (κ2) is 8.71. The molecule has 1 saturated heterocycles. The minimum Gasteiger partial charge on any atom is -0.507 e. The summed E-state index contributed by atoms with van der Waals surface area (Å²) >= 11 is 0. The Morgan fingerprint density at radius 1 is 1.03 bits per heavy atom. The van der Waals surface area contributed by atoms with Crippen LogP contribution < -0.4 is 0 Å². The largest absolute Gasteiger partial charge is 0.507 e. The van der Waals surface area contributed by atoms with Crippen molar-refractivity contribution < 1.29 is 14.7 Å². The number of hydrogen-bond donors (Lipinski definition) is 2. The Kier molecular flexibility index (Phi) is 5.82. The summed E-state index contributed by atoms with van der Waals surface area (Å²) in [6, 6.07) is 13.3. The number of fused-ring (bicyclic) bond motifs is 1. The molecule has 2 fully saturated rings. The molecule has 2 aromatic carbocycles. The first-order valence-electron chi connectivity index (χ1n) is 12.7. The molecule has 5 heteroatoms. The number of H-pyrrole nitrogens is 1. The maximum Gasteiger partial charge on any atom is 0.295 e. The zero-order chi connectivity index (χ0) is 24.9. The number of para-hydroxylation sites is 1. The van der Waals surface area contributed by atoms with Gasteiger partial charge in [-0.15, -0.1) is 0 Å². The highest BCUT2D eigenvalue weighted by Crippen LogP contribution is 2.45. The molecule has 5 rings (SSSR count). The van der Waals surface area contributed by atoms with Crippen molar-refractivity contribution in [3.63, 3.8) is 0 Å². The van der Waals surface area contributed by atoms with Crippen LogP contribution in [0.25, 0.3) is 16.7 Å². The van der Waals surface area contributed by atoms with Gasteiger partial charge in [-0.05, 0) is 48.4 Å². The molecule has 2 aliphatic rings. The maximum absolute atomic E-state index is 13.6. The molecule has 3 aromatic rings. The number of rotatable bonds is 3. The fourth-order valence-corrected chi connectivity index (χ4v) is 5.70. The predicted molar refractivity (Wildman–Crippen MR) is 139 cm³/mol. The van der Waals surface area contributed by atoms with Crippen LogP contribution in [0, 0.1) is 6.92 Å². The van der Waals surface area contributed by atoms with Gasteiger partial charge in [0.25, 0.3) is 11.7 Å². The molecule has 182 valence electrons. The Hall–Kier alpha value is -3.34. The van der Waals surface area contributed by atoms with Crippen molar-refractivity contribution in [2.75, 3.05) is 0 Å². The molecule has 0 bridgehead atoms. The Balaban J connectivity index is 1.74. The molecule has 2 heterocycles. The smallest absolute Gasteiger partial charge is 0.295 e. The normalized spacial score (nSPS) is 21.3. The van der Waals surface area contributed by atoms with E-state index in [4.69, 9.17) is 0 Å². The SMILES string of the molecule is Cc1ccc(C(C)(C)C)cc1/C(O)=C1\C(=O)C(=O)N(C2CCCCC2)C1c1c[nH]c2ccccc12. The van der Waals surface area contributed by atoms with Gasteiger partial charge in [-0.2, -0.15) is 0 Å². The monoisotopic (exact) mass is 470 g/mol. The number of carbonyl (C=O) groups excluding carboxylic acids is 2. The molecule has 1 aliphatic carbocycles. The van der Waals surface area contributed by atoms with Gasteiger partial charge in [-0.1, -0.05) is 70.4 Å². The Morgan fingerprint density at radius 2 is 1.74 bits per heavy atom. The number of aromatic amines is 1. The lowest BCUT2D eigenvalue weighted by molar-refractivity contribution is -0.141. The highest BCUT2D eigenvalue weighted by atomic mass is 16.3. The van der Waals surface area contributed by atoms with E-state index >= 15 is 0 Å². The number of Topliss-reactive ketones (excluding diaryl/α,β-unsaturated/α-hetero) is 1. The Morgan fingerprint density at radius 3 is 2.46 bits per heavy atom. The second-order valence-electron chi connectivity index (χ2n) is 11.1. The lowest BCUT2D eigenvalue weighted by Gasteiger charge is -2.35. The van der Waals surface area contributed by atoms with E-state index in [0.717, 1.165) is 59.7 Å². The van der Waals surface area contributed by atoms with Gasteiger partial charge in [-0.3, -0.25) is 9.59 Å². The quantitative estimate of drug-likeness (QED) is 0.260. The van der Waals surface area contributed by atoms with E-state index in [-0.39, 0.29) is 22.8 Å². The Labute approximate surface area is 206 Å². The first kappa shape index (κ1) is 23.4. The molecule has 1 amide bonds. The van der Waals surface area contributed by atoms with E-state index in [1.54, 1.807) is 4.90 Å². The molecule has 1 atom stereocenters. The number of aliphatic hydroxyl groups excluding tert-OH is 1. The summed E-state index contributed by atoms with van der Waals surface area (Å²) in [4.78, 5) is 32.2. The molecular formula is C30H34N2O3. The third-order valence-corrected chi connectivity index (χ3v) is 7.72. The number of aryl methyl sites for hydroxylation is 1. The average molecular weight is 471 g/mol. The van der Waals surface area contributed by atoms with Crippen molar-refractivity contribution in [1.29, 1.82) is 0 Å². The molecule has 1 unspecified atom stereocenters. The number of nitrogens with one attached hydrogen (secondary N) is 1. The standard InChI is InChI=1S/C30H34N2O3/c1-18-14-15-19(30(2,3)4)16-22(18)27(33)25-26(23-17-31-24-13-9-8-12-21(23)24)32(29(35)28(25)34)20-10-6-5-7-11-20/h8-9,12-17,20,26,31,33H,5-7,10-11H2,1-4H3/b27-25+. The summed E-state index contributed by atoms with van der Waals surface area (Å²) in [6.07, 6.45) is 6.89. The van der Waals surface area contributed by atoms with Gasteiger partial charge in [0.15, 0.2) is 0 Å². The number of benzene rings is 2. The van der Waals surface area contributed by atoms with Crippen molar-refractivity contribution in [2.24, 2.45) is 0 Å². The first-order valence-corrected chi connectivity index (χ1v) is 12.7. The molecular weight excluding hydrogens is 436 g/mol. The van der Waals surface area contributed by atoms with E-state index in [1.807, 2.05) is 49.5 Å². The number of amides is 1. The van der Waals surface area contributed by atoms with Crippen LogP contribution in [-0.4, -0.2) is 32.7 Å². The van der Waals surface area contributed by atoms with Crippen LogP contribution in [0.1, 0.15) is 81.2 Å².